The lowest BCUT2D eigenvalue weighted by Crippen LogP contribution is -2.43. The van der Waals surface area contributed by atoms with Gasteiger partial charge in [0.15, 0.2) is 0 Å². The van der Waals surface area contributed by atoms with Crippen LogP contribution < -0.4 is 14.8 Å². The van der Waals surface area contributed by atoms with Gasteiger partial charge in [0.25, 0.3) is 0 Å². The molecule has 1 aromatic rings. The van der Waals surface area contributed by atoms with Gasteiger partial charge >= 0.3 is 0 Å². The minimum atomic E-state index is -0.866. The van der Waals surface area contributed by atoms with Crippen molar-refractivity contribution >= 4 is 0 Å². The molecule has 1 atom stereocenters. The van der Waals surface area contributed by atoms with E-state index in [0.717, 1.165) is 24.5 Å². The first kappa shape index (κ1) is 14.8. The summed E-state index contributed by atoms with van der Waals surface area (Å²) in [4.78, 5) is 0. The molecule has 0 saturated heterocycles. The molecule has 1 aromatic carbocycles. The van der Waals surface area contributed by atoms with E-state index in [1.807, 2.05) is 24.3 Å². The number of hydrogen-bond acceptors (Lipinski definition) is 4. The van der Waals surface area contributed by atoms with Gasteiger partial charge in [-0.1, -0.05) is 6.92 Å². The van der Waals surface area contributed by atoms with Crippen LogP contribution >= 0.6 is 0 Å². The lowest BCUT2D eigenvalue weighted by Gasteiger charge is -2.23. The summed E-state index contributed by atoms with van der Waals surface area (Å²) in [5.74, 6) is 1.52. The second kappa shape index (κ2) is 7.24. The van der Waals surface area contributed by atoms with Gasteiger partial charge in [-0.25, -0.2) is 0 Å². The molecule has 4 nitrogen and oxygen atoms in total. The number of hydrogen-bond donors (Lipinski definition) is 2. The topological polar surface area (TPSA) is 50.7 Å². The third kappa shape index (κ3) is 5.38. The van der Waals surface area contributed by atoms with Crippen molar-refractivity contribution in [3.05, 3.63) is 24.3 Å². The second-order valence-electron chi connectivity index (χ2n) is 4.64. The van der Waals surface area contributed by atoms with Gasteiger partial charge in [0, 0.05) is 6.54 Å². The van der Waals surface area contributed by atoms with E-state index in [0.29, 0.717) is 6.54 Å². The molecule has 0 aromatic heterocycles. The predicted octanol–water partition coefficient (Wildman–Crippen LogP) is 1.82. The largest absolute Gasteiger partial charge is 0.497 e. The number of methoxy groups -OCH3 is 1. The zero-order valence-corrected chi connectivity index (χ0v) is 11.4. The van der Waals surface area contributed by atoms with E-state index in [9.17, 15) is 5.11 Å². The Bertz CT molecular complexity index is 335. The van der Waals surface area contributed by atoms with Crippen LogP contribution in [-0.4, -0.2) is 37.5 Å². The van der Waals surface area contributed by atoms with E-state index < -0.39 is 5.60 Å². The molecule has 102 valence electrons. The SMILES string of the molecule is CCCNCC(C)(O)COc1ccc(OC)cc1. The summed E-state index contributed by atoms with van der Waals surface area (Å²) in [5, 5.41) is 13.3. The molecule has 0 saturated carbocycles. The van der Waals surface area contributed by atoms with Crippen molar-refractivity contribution in [3.8, 4) is 11.5 Å². The zero-order chi connectivity index (χ0) is 13.4. The molecule has 0 radical (unpaired) electrons. The van der Waals surface area contributed by atoms with Crippen LogP contribution in [0.5, 0.6) is 11.5 Å². The molecule has 1 unspecified atom stereocenters. The number of benzene rings is 1. The van der Waals surface area contributed by atoms with E-state index in [1.54, 1.807) is 14.0 Å². The fraction of sp³-hybridized carbons (Fsp3) is 0.571. The van der Waals surface area contributed by atoms with Crippen LogP contribution in [0.3, 0.4) is 0 Å². The summed E-state index contributed by atoms with van der Waals surface area (Å²) in [6.45, 7) is 5.54. The van der Waals surface area contributed by atoms with Crippen molar-refractivity contribution in [2.24, 2.45) is 0 Å². The molecule has 0 bridgehead atoms. The third-order valence-electron chi connectivity index (χ3n) is 2.54. The van der Waals surface area contributed by atoms with Gasteiger partial charge in [0.05, 0.1) is 7.11 Å². The molecule has 2 N–H and O–H groups in total. The second-order valence-corrected chi connectivity index (χ2v) is 4.64. The molecule has 1 rings (SSSR count). The van der Waals surface area contributed by atoms with E-state index >= 15 is 0 Å². The molecule has 18 heavy (non-hydrogen) atoms. The molecule has 0 heterocycles. The Kier molecular flexibility index (Phi) is 5.95. The van der Waals surface area contributed by atoms with Gasteiger partial charge in [-0.2, -0.15) is 0 Å². The molecule has 0 aliphatic heterocycles. The number of nitrogens with one attached hydrogen (secondary N) is 1. The highest BCUT2D eigenvalue weighted by Crippen LogP contribution is 2.18. The van der Waals surface area contributed by atoms with Crippen LogP contribution in [-0.2, 0) is 0 Å². The van der Waals surface area contributed by atoms with E-state index in [4.69, 9.17) is 9.47 Å². The van der Waals surface area contributed by atoms with Gasteiger partial charge in [0.1, 0.15) is 23.7 Å². The minimum Gasteiger partial charge on any atom is -0.497 e. The maximum atomic E-state index is 10.1. The summed E-state index contributed by atoms with van der Waals surface area (Å²) >= 11 is 0. The number of rotatable bonds is 8. The van der Waals surface area contributed by atoms with Gasteiger partial charge in [0.2, 0.25) is 0 Å². The van der Waals surface area contributed by atoms with Gasteiger partial charge in [-0.05, 0) is 44.2 Å². The number of aliphatic hydroxyl groups is 1. The Balaban J connectivity index is 2.37. The van der Waals surface area contributed by atoms with Crippen LogP contribution in [0.15, 0.2) is 24.3 Å². The Morgan fingerprint density at radius 2 is 1.83 bits per heavy atom. The average molecular weight is 253 g/mol. The molecule has 0 amide bonds. The molecule has 4 heteroatoms. The summed E-state index contributed by atoms with van der Waals surface area (Å²) < 4.78 is 10.6. The smallest absolute Gasteiger partial charge is 0.119 e. The molecule has 0 aliphatic rings. The van der Waals surface area contributed by atoms with E-state index in [1.165, 1.54) is 0 Å². The number of ether oxygens (including phenoxy) is 2. The van der Waals surface area contributed by atoms with Crippen LogP contribution in [0.1, 0.15) is 20.3 Å². The van der Waals surface area contributed by atoms with Crippen molar-refractivity contribution in [3.63, 3.8) is 0 Å². The quantitative estimate of drug-likeness (QED) is 0.694. The van der Waals surface area contributed by atoms with Crippen molar-refractivity contribution < 1.29 is 14.6 Å². The highest BCUT2D eigenvalue weighted by atomic mass is 16.5. The van der Waals surface area contributed by atoms with E-state index in [-0.39, 0.29) is 6.61 Å². The van der Waals surface area contributed by atoms with Gasteiger partial charge in [-0.3, -0.25) is 0 Å². The average Bonchev–Trinajstić information content (AvgIpc) is 2.37. The maximum Gasteiger partial charge on any atom is 0.119 e. The molecule has 0 spiro atoms. The Hall–Kier alpha value is -1.26. The fourth-order valence-corrected chi connectivity index (χ4v) is 1.50. The monoisotopic (exact) mass is 253 g/mol. The lowest BCUT2D eigenvalue weighted by molar-refractivity contribution is 0.0125. The van der Waals surface area contributed by atoms with Crippen molar-refractivity contribution in [2.75, 3.05) is 26.8 Å². The predicted molar refractivity (Wildman–Crippen MR) is 72.3 cm³/mol. The maximum absolute atomic E-state index is 10.1. The summed E-state index contributed by atoms with van der Waals surface area (Å²) in [7, 11) is 1.63. The summed E-state index contributed by atoms with van der Waals surface area (Å²) in [6, 6.07) is 7.32. The van der Waals surface area contributed by atoms with Crippen molar-refractivity contribution in [2.45, 2.75) is 25.9 Å². The molecular formula is C14H23NO3. The highest BCUT2D eigenvalue weighted by molar-refractivity contribution is 5.31. The zero-order valence-electron chi connectivity index (χ0n) is 11.4. The van der Waals surface area contributed by atoms with Crippen LogP contribution in [0.2, 0.25) is 0 Å². The molecule has 0 aliphatic carbocycles. The van der Waals surface area contributed by atoms with Crippen LogP contribution in [0.4, 0.5) is 0 Å². The molecule has 0 fully saturated rings. The molecular weight excluding hydrogens is 230 g/mol. The van der Waals surface area contributed by atoms with E-state index in [2.05, 4.69) is 12.2 Å². The first-order valence-corrected chi connectivity index (χ1v) is 6.27. The van der Waals surface area contributed by atoms with Gasteiger partial charge < -0.3 is 19.9 Å². The Labute approximate surface area is 109 Å². The minimum absolute atomic E-state index is 0.260. The first-order valence-electron chi connectivity index (χ1n) is 6.27. The summed E-state index contributed by atoms with van der Waals surface area (Å²) in [5.41, 5.74) is -0.866. The lowest BCUT2D eigenvalue weighted by atomic mass is 10.1. The first-order chi connectivity index (χ1) is 8.57. The van der Waals surface area contributed by atoms with Gasteiger partial charge in [-0.15, -0.1) is 0 Å². The fourth-order valence-electron chi connectivity index (χ4n) is 1.50. The van der Waals surface area contributed by atoms with Crippen LogP contribution in [0.25, 0.3) is 0 Å². The Morgan fingerprint density at radius 3 is 2.39 bits per heavy atom. The summed E-state index contributed by atoms with van der Waals surface area (Å²) in [6.07, 6.45) is 1.05. The third-order valence-corrected chi connectivity index (χ3v) is 2.54. The normalized spacial score (nSPS) is 14.0. The standard InChI is InChI=1S/C14H23NO3/c1-4-9-15-10-14(2,16)11-18-13-7-5-12(17-3)6-8-13/h5-8,15-16H,4,9-11H2,1-3H3. The van der Waals surface area contributed by atoms with Crippen LogP contribution in [0, 0.1) is 0 Å². The Morgan fingerprint density at radius 1 is 1.22 bits per heavy atom. The van der Waals surface area contributed by atoms with Crippen molar-refractivity contribution in [1.82, 2.24) is 5.32 Å². The highest BCUT2D eigenvalue weighted by Gasteiger charge is 2.20. The van der Waals surface area contributed by atoms with Crippen molar-refractivity contribution in [1.29, 1.82) is 0 Å².